The number of halogens is 4. The maximum absolute atomic E-state index is 12.7. The highest BCUT2D eigenvalue weighted by Gasteiger charge is 2.39. The fraction of sp³-hybridized carbons (Fsp3) is 0.182. The van der Waals surface area contributed by atoms with Gasteiger partial charge < -0.3 is 5.32 Å². The molecule has 0 unspecified atom stereocenters. The van der Waals surface area contributed by atoms with Crippen LogP contribution in [0, 0.1) is 0 Å². The molecule has 1 N–H and O–H groups in total. The van der Waals surface area contributed by atoms with Gasteiger partial charge in [-0.25, -0.2) is 4.98 Å². The van der Waals surface area contributed by atoms with E-state index in [1.54, 1.807) is 6.07 Å². The van der Waals surface area contributed by atoms with Crippen LogP contribution in [-0.2, 0) is 13.2 Å². The van der Waals surface area contributed by atoms with E-state index in [1.165, 1.54) is 19.3 Å². The van der Waals surface area contributed by atoms with Crippen molar-refractivity contribution < 1.29 is 18.0 Å². The van der Waals surface area contributed by atoms with E-state index in [1.807, 2.05) is 0 Å². The molecular weight excluding hydrogens is 341 g/mol. The summed E-state index contributed by atoms with van der Waals surface area (Å²) in [6, 6.07) is 3.07. The fourth-order valence-electron chi connectivity index (χ4n) is 1.50. The lowest BCUT2D eigenvalue weighted by Gasteiger charge is -2.06. The topological polar surface area (TPSA) is 59.8 Å². The van der Waals surface area contributed by atoms with Crippen molar-refractivity contribution in [3.63, 3.8) is 0 Å². The average Bonchev–Trinajstić information content (AvgIpc) is 2.74. The van der Waals surface area contributed by atoms with Gasteiger partial charge in [0.25, 0.3) is 5.91 Å². The summed E-state index contributed by atoms with van der Waals surface area (Å²) in [6.45, 7) is 0. The van der Waals surface area contributed by atoms with E-state index < -0.39 is 23.3 Å². The first-order valence-electron chi connectivity index (χ1n) is 5.31. The van der Waals surface area contributed by atoms with Crippen molar-refractivity contribution >= 4 is 27.7 Å². The Bertz CT molecular complexity index is 636. The minimum atomic E-state index is -4.69. The maximum Gasteiger partial charge on any atom is 0.435 e. The van der Waals surface area contributed by atoms with Crippen LogP contribution in [0.15, 0.2) is 29.0 Å². The van der Waals surface area contributed by atoms with E-state index in [-0.39, 0.29) is 5.82 Å². The lowest BCUT2D eigenvalue weighted by atomic mass is 10.2. The molecule has 106 valence electrons. The van der Waals surface area contributed by atoms with E-state index in [0.717, 1.165) is 10.9 Å². The Morgan fingerprint density at radius 2 is 2.10 bits per heavy atom. The molecule has 0 radical (unpaired) electrons. The Balaban J connectivity index is 2.28. The highest BCUT2D eigenvalue weighted by molar-refractivity contribution is 9.10. The van der Waals surface area contributed by atoms with Gasteiger partial charge in [-0.1, -0.05) is 0 Å². The van der Waals surface area contributed by atoms with Crippen LogP contribution in [0.2, 0.25) is 0 Å². The van der Waals surface area contributed by atoms with Crippen LogP contribution in [0.3, 0.4) is 0 Å². The average molecular weight is 349 g/mol. The van der Waals surface area contributed by atoms with E-state index in [0.29, 0.717) is 4.47 Å². The van der Waals surface area contributed by atoms with Gasteiger partial charge in [0.15, 0.2) is 5.69 Å². The molecule has 2 aromatic rings. The maximum atomic E-state index is 12.7. The SMILES string of the molecule is Cn1cc(C(=O)Nc2ccc(Br)cn2)c(C(F)(F)F)n1. The third-order valence-corrected chi connectivity index (χ3v) is 2.78. The minimum absolute atomic E-state index is 0.148. The summed E-state index contributed by atoms with van der Waals surface area (Å²) in [7, 11) is 1.31. The second-order valence-electron chi connectivity index (χ2n) is 3.88. The van der Waals surface area contributed by atoms with Gasteiger partial charge in [-0.2, -0.15) is 18.3 Å². The molecule has 0 aliphatic heterocycles. The number of aryl methyl sites for hydroxylation is 1. The lowest BCUT2D eigenvalue weighted by Crippen LogP contribution is -2.18. The first kappa shape index (κ1) is 14.5. The molecule has 0 aromatic carbocycles. The number of aromatic nitrogens is 3. The second-order valence-corrected chi connectivity index (χ2v) is 4.79. The zero-order valence-electron chi connectivity index (χ0n) is 10.1. The number of nitrogens with one attached hydrogen (secondary N) is 1. The number of hydrogen-bond donors (Lipinski definition) is 1. The van der Waals surface area contributed by atoms with Crippen molar-refractivity contribution in [2.75, 3.05) is 5.32 Å². The summed E-state index contributed by atoms with van der Waals surface area (Å²) < 4.78 is 39.8. The highest BCUT2D eigenvalue weighted by Crippen LogP contribution is 2.30. The van der Waals surface area contributed by atoms with Crippen molar-refractivity contribution in [2.24, 2.45) is 7.05 Å². The molecule has 0 bridgehead atoms. The zero-order valence-corrected chi connectivity index (χ0v) is 11.7. The molecule has 9 heteroatoms. The van der Waals surface area contributed by atoms with E-state index in [2.05, 4.69) is 31.3 Å². The van der Waals surface area contributed by atoms with Gasteiger partial charge in [0.1, 0.15) is 5.82 Å². The third kappa shape index (κ3) is 3.16. The number of hydrogen-bond acceptors (Lipinski definition) is 3. The normalized spacial score (nSPS) is 11.4. The van der Waals surface area contributed by atoms with E-state index in [4.69, 9.17) is 0 Å². The van der Waals surface area contributed by atoms with E-state index >= 15 is 0 Å². The second kappa shape index (κ2) is 5.23. The molecule has 0 fully saturated rings. The van der Waals surface area contributed by atoms with Crippen LogP contribution in [0.1, 0.15) is 16.1 Å². The smallest absolute Gasteiger partial charge is 0.306 e. The standard InChI is InChI=1S/C11H8BrF3N4O/c1-19-5-7(9(18-19)11(13,14)15)10(20)17-8-3-2-6(12)4-16-8/h2-5H,1H3,(H,16,17,20). The Labute approximate surface area is 119 Å². The first-order valence-corrected chi connectivity index (χ1v) is 6.10. The Morgan fingerprint density at radius 3 is 2.65 bits per heavy atom. The summed E-state index contributed by atoms with van der Waals surface area (Å²) in [6.07, 6.45) is -2.26. The number of alkyl halides is 3. The van der Waals surface area contributed by atoms with Gasteiger partial charge in [0.2, 0.25) is 0 Å². The number of rotatable bonds is 2. The first-order chi connectivity index (χ1) is 9.27. The summed E-state index contributed by atoms with van der Waals surface area (Å²) in [5.74, 6) is -0.768. The van der Waals surface area contributed by atoms with E-state index in [9.17, 15) is 18.0 Å². The number of nitrogens with zero attached hydrogens (tertiary/aromatic N) is 3. The molecule has 20 heavy (non-hydrogen) atoms. The predicted molar refractivity (Wildman–Crippen MR) is 68.1 cm³/mol. The van der Waals surface area contributed by atoms with Crippen molar-refractivity contribution in [1.29, 1.82) is 0 Å². The summed E-state index contributed by atoms with van der Waals surface area (Å²) in [4.78, 5) is 15.7. The Hall–Kier alpha value is -1.90. The Morgan fingerprint density at radius 1 is 1.40 bits per heavy atom. The molecule has 5 nitrogen and oxygen atoms in total. The van der Waals surface area contributed by atoms with Crippen molar-refractivity contribution in [2.45, 2.75) is 6.18 Å². The predicted octanol–water partition coefficient (Wildman–Crippen LogP) is 2.85. The molecule has 0 atom stereocenters. The molecule has 2 rings (SSSR count). The minimum Gasteiger partial charge on any atom is -0.306 e. The van der Waals surface area contributed by atoms with Gasteiger partial charge in [-0.15, -0.1) is 0 Å². The number of pyridine rings is 1. The lowest BCUT2D eigenvalue weighted by molar-refractivity contribution is -0.141. The van der Waals surface area contributed by atoms with Crippen molar-refractivity contribution in [3.8, 4) is 0 Å². The molecule has 0 saturated heterocycles. The number of anilines is 1. The molecule has 0 spiro atoms. The molecule has 0 aliphatic carbocycles. The highest BCUT2D eigenvalue weighted by atomic mass is 79.9. The van der Waals surface area contributed by atoms with Crippen LogP contribution < -0.4 is 5.32 Å². The van der Waals surface area contributed by atoms with Crippen molar-refractivity contribution in [1.82, 2.24) is 14.8 Å². The number of amides is 1. The molecule has 0 aliphatic rings. The van der Waals surface area contributed by atoms with Crippen LogP contribution in [0.5, 0.6) is 0 Å². The van der Waals surface area contributed by atoms with Gasteiger partial charge >= 0.3 is 6.18 Å². The quantitative estimate of drug-likeness (QED) is 0.907. The van der Waals surface area contributed by atoms with Crippen LogP contribution in [-0.4, -0.2) is 20.7 Å². The van der Waals surface area contributed by atoms with Gasteiger partial charge in [-0.05, 0) is 28.1 Å². The fourth-order valence-corrected chi connectivity index (χ4v) is 1.73. The van der Waals surface area contributed by atoms with Crippen LogP contribution >= 0.6 is 15.9 Å². The van der Waals surface area contributed by atoms with Crippen molar-refractivity contribution in [3.05, 3.63) is 40.3 Å². The molecule has 2 aromatic heterocycles. The molecular formula is C11H8BrF3N4O. The Kier molecular flexibility index (Phi) is 3.80. The van der Waals surface area contributed by atoms with Crippen LogP contribution in [0.25, 0.3) is 0 Å². The monoisotopic (exact) mass is 348 g/mol. The summed E-state index contributed by atoms with van der Waals surface area (Å²) >= 11 is 3.16. The molecule has 1 amide bonds. The van der Waals surface area contributed by atoms with Gasteiger partial charge in [0, 0.05) is 23.9 Å². The largest absolute Gasteiger partial charge is 0.435 e. The summed E-state index contributed by atoms with van der Waals surface area (Å²) in [5, 5.41) is 5.55. The number of carbonyl (C=O) groups is 1. The molecule has 2 heterocycles. The molecule has 0 saturated carbocycles. The third-order valence-electron chi connectivity index (χ3n) is 2.31. The summed E-state index contributed by atoms with van der Waals surface area (Å²) in [5.41, 5.74) is -1.78. The van der Waals surface area contributed by atoms with Gasteiger partial charge in [-0.3, -0.25) is 9.48 Å². The number of carbonyl (C=O) groups excluding carboxylic acids is 1. The zero-order chi connectivity index (χ0) is 14.9. The van der Waals surface area contributed by atoms with Crippen LogP contribution in [0.4, 0.5) is 19.0 Å². The van der Waals surface area contributed by atoms with Gasteiger partial charge in [0.05, 0.1) is 5.56 Å².